The van der Waals surface area contributed by atoms with Gasteiger partial charge in [-0.05, 0) is 60.4 Å². The highest BCUT2D eigenvalue weighted by Gasteiger charge is 2.39. The molecule has 1 aromatic heterocycles. The largest absolute Gasteiger partial charge is 0.452 e. The predicted octanol–water partition coefficient (Wildman–Crippen LogP) is 4.64. The van der Waals surface area contributed by atoms with E-state index in [2.05, 4.69) is 4.98 Å². The highest BCUT2D eigenvalue weighted by molar-refractivity contribution is 6.35. The number of hydrogen-bond donors (Lipinski definition) is 1. The van der Waals surface area contributed by atoms with Crippen LogP contribution in [0.15, 0.2) is 60.8 Å². The first-order valence-electron chi connectivity index (χ1n) is 8.04. The Bertz CT molecular complexity index is 848. The van der Waals surface area contributed by atoms with Gasteiger partial charge in [0.05, 0.1) is 11.0 Å². The summed E-state index contributed by atoms with van der Waals surface area (Å²) in [7, 11) is -0.150. The average Bonchev–Trinajstić information content (AvgIpc) is 2.63. The van der Waals surface area contributed by atoms with Crippen molar-refractivity contribution >= 4 is 30.7 Å². The van der Waals surface area contributed by atoms with Gasteiger partial charge < -0.3 is 5.02 Å². The third-order valence-electron chi connectivity index (χ3n) is 4.67. The van der Waals surface area contributed by atoms with Gasteiger partial charge in [0.2, 0.25) is 0 Å². The molecule has 0 aliphatic carbocycles. The number of benzene rings is 2. The maximum absolute atomic E-state index is 10.5. The maximum atomic E-state index is 10.5. The third-order valence-corrected chi connectivity index (χ3v) is 5.48. The Labute approximate surface area is 158 Å². The smallest absolute Gasteiger partial charge is 0.292 e. The van der Waals surface area contributed by atoms with Crippen molar-refractivity contribution in [1.82, 2.24) is 4.98 Å². The van der Waals surface area contributed by atoms with Crippen LogP contribution in [0.5, 0.6) is 0 Å². The minimum atomic E-state index is -0.837. The predicted molar refractivity (Wildman–Crippen MR) is 106 cm³/mol. The molecule has 2 aromatic carbocycles. The molecule has 5 heteroatoms. The van der Waals surface area contributed by atoms with E-state index in [0.29, 0.717) is 10.0 Å². The molecule has 3 rings (SSSR count). The SMILES string of the molecule is Cc1ccc(C(BO)(c2ccc(C)c(Cl)c2)c2ccccn2)cc1Cl. The lowest BCUT2D eigenvalue weighted by Gasteiger charge is -2.32. The van der Waals surface area contributed by atoms with Crippen LogP contribution in [0.1, 0.15) is 27.9 Å². The van der Waals surface area contributed by atoms with Gasteiger partial charge in [0.25, 0.3) is 7.48 Å². The summed E-state index contributed by atoms with van der Waals surface area (Å²) >= 11 is 12.8. The van der Waals surface area contributed by atoms with Crippen molar-refractivity contribution < 1.29 is 5.02 Å². The van der Waals surface area contributed by atoms with Crippen LogP contribution in [0.2, 0.25) is 10.0 Å². The van der Waals surface area contributed by atoms with Crippen LogP contribution >= 0.6 is 23.2 Å². The van der Waals surface area contributed by atoms with E-state index in [1.54, 1.807) is 6.20 Å². The summed E-state index contributed by atoms with van der Waals surface area (Å²) in [5.41, 5.74) is 4.48. The topological polar surface area (TPSA) is 33.1 Å². The van der Waals surface area contributed by atoms with Gasteiger partial charge in [-0.25, -0.2) is 0 Å². The van der Waals surface area contributed by atoms with E-state index in [4.69, 9.17) is 23.2 Å². The molecule has 126 valence electrons. The molecule has 0 fully saturated rings. The first-order valence-corrected chi connectivity index (χ1v) is 8.80. The zero-order valence-electron chi connectivity index (χ0n) is 14.1. The highest BCUT2D eigenvalue weighted by Crippen LogP contribution is 2.39. The molecule has 0 aliphatic rings. The van der Waals surface area contributed by atoms with Crippen molar-refractivity contribution in [1.29, 1.82) is 0 Å². The second kappa shape index (κ2) is 7.21. The molecule has 3 aromatic rings. The van der Waals surface area contributed by atoms with E-state index in [1.807, 2.05) is 68.4 Å². The van der Waals surface area contributed by atoms with Crippen LogP contribution in [0.3, 0.4) is 0 Å². The van der Waals surface area contributed by atoms with E-state index >= 15 is 0 Å². The lowest BCUT2D eigenvalue weighted by Crippen LogP contribution is -2.37. The quantitative estimate of drug-likeness (QED) is 0.679. The molecule has 0 spiro atoms. The second-order valence-corrected chi connectivity index (χ2v) is 7.02. The summed E-state index contributed by atoms with van der Waals surface area (Å²) in [5.74, 6) is 0. The molecule has 0 amide bonds. The van der Waals surface area contributed by atoms with Crippen LogP contribution < -0.4 is 0 Å². The molecule has 0 bridgehead atoms. The summed E-state index contributed by atoms with van der Waals surface area (Å²) in [6.45, 7) is 3.91. The monoisotopic (exact) mass is 369 g/mol. The molecule has 1 heterocycles. The Hall–Kier alpha value is -1.81. The molecule has 0 aliphatic heterocycles. The van der Waals surface area contributed by atoms with Gasteiger partial charge in [0.15, 0.2) is 0 Å². The van der Waals surface area contributed by atoms with Gasteiger partial charge in [-0.3, -0.25) is 4.98 Å². The second-order valence-electron chi connectivity index (χ2n) is 6.21. The van der Waals surface area contributed by atoms with Crippen molar-refractivity contribution in [2.75, 3.05) is 0 Å². The lowest BCUT2D eigenvalue weighted by atomic mass is 9.54. The molecular formula is C20H18BCl2NO. The normalized spacial score (nSPS) is 11.4. The van der Waals surface area contributed by atoms with E-state index in [0.717, 1.165) is 27.9 Å². The van der Waals surface area contributed by atoms with Crippen LogP contribution in [0.4, 0.5) is 0 Å². The number of nitrogens with zero attached hydrogens (tertiary/aromatic N) is 1. The van der Waals surface area contributed by atoms with Gasteiger partial charge in [-0.1, -0.05) is 53.5 Å². The number of hydrogen-bond acceptors (Lipinski definition) is 2. The number of aromatic nitrogens is 1. The Balaban J connectivity index is 2.33. The van der Waals surface area contributed by atoms with Gasteiger partial charge in [0, 0.05) is 16.2 Å². The number of aryl methyl sites for hydroxylation is 2. The first-order chi connectivity index (χ1) is 12.0. The Morgan fingerprint density at radius 1 is 0.880 bits per heavy atom. The molecule has 0 saturated carbocycles. The lowest BCUT2D eigenvalue weighted by molar-refractivity contribution is 0.562. The summed E-state index contributed by atoms with van der Waals surface area (Å²) in [4.78, 5) is 4.53. The van der Waals surface area contributed by atoms with E-state index in [-0.39, 0.29) is 7.48 Å². The summed E-state index contributed by atoms with van der Waals surface area (Å²) in [6, 6.07) is 17.4. The Morgan fingerprint density at radius 2 is 1.44 bits per heavy atom. The molecule has 0 saturated heterocycles. The van der Waals surface area contributed by atoms with Gasteiger partial charge in [-0.15, -0.1) is 0 Å². The van der Waals surface area contributed by atoms with Crippen molar-refractivity contribution in [3.8, 4) is 0 Å². The number of halogens is 2. The van der Waals surface area contributed by atoms with Crippen LogP contribution in [0.25, 0.3) is 0 Å². The zero-order valence-corrected chi connectivity index (χ0v) is 15.6. The van der Waals surface area contributed by atoms with Gasteiger partial charge in [0.1, 0.15) is 0 Å². The Morgan fingerprint density at radius 3 is 1.84 bits per heavy atom. The van der Waals surface area contributed by atoms with E-state index in [9.17, 15) is 5.02 Å². The zero-order chi connectivity index (χ0) is 18.0. The molecule has 1 N–H and O–H groups in total. The van der Waals surface area contributed by atoms with Crippen molar-refractivity contribution in [2.45, 2.75) is 19.2 Å². The fourth-order valence-corrected chi connectivity index (χ4v) is 3.42. The van der Waals surface area contributed by atoms with Gasteiger partial charge >= 0.3 is 0 Å². The van der Waals surface area contributed by atoms with Gasteiger partial charge in [-0.2, -0.15) is 0 Å². The average molecular weight is 370 g/mol. The van der Waals surface area contributed by atoms with E-state index in [1.165, 1.54) is 0 Å². The summed E-state index contributed by atoms with van der Waals surface area (Å²) in [5, 5.41) is 11.0. The van der Waals surface area contributed by atoms with Crippen LogP contribution in [-0.2, 0) is 5.31 Å². The van der Waals surface area contributed by atoms with E-state index < -0.39 is 5.31 Å². The number of rotatable bonds is 4. The molecular weight excluding hydrogens is 352 g/mol. The molecule has 0 atom stereocenters. The third kappa shape index (κ3) is 3.20. The first kappa shape index (κ1) is 18.0. The fraction of sp³-hybridized carbons (Fsp3) is 0.150. The highest BCUT2D eigenvalue weighted by atomic mass is 35.5. The van der Waals surface area contributed by atoms with Crippen molar-refractivity contribution in [3.63, 3.8) is 0 Å². The summed E-state index contributed by atoms with van der Waals surface area (Å²) < 4.78 is 0. The van der Waals surface area contributed by atoms with Crippen LogP contribution in [0, 0.1) is 13.8 Å². The maximum Gasteiger partial charge on any atom is 0.292 e. The molecule has 0 unspecified atom stereocenters. The van der Waals surface area contributed by atoms with Crippen molar-refractivity contribution in [2.24, 2.45) is 0 Å². The fourth-order valence-electron chi connectivity index (χ4n) is 3.06. The standard InChI is InChI=1S/C20H18BCl2NO/c1-13-6-8-15(11-17(13)22)20(21-25,19-5-3-4-10-24-19)16-9-7-14(2)18(23)12-16/h3-12,21,25H,1-2H3. The number of pyridine rings is 1. The van der Waals surface area contributed by atoms with Crippen LogP contribution in [-0.4, -0.2) is 17.5 Å². The minimum Gasteiger partial charge on any atom is -0.452 e. The Kier molecular flexibility index (Phi) is 5.19. The minimum absolute atomic E-state index is 0.150. The summed E-state index contributed by atoms with van der Waals surface area (Å²) in [6.07, 6.45) is 1.73. The molecule has 25 heavy (non-hydrogen) atoms. The molecule has 2 nitrogen and oxygen atoms in total. The molecule has 0 radical (unpaired) electrons. The van der Waals surface area contributed by atoms with Crippen molar-refractivity contribution in [3.05, 3.63) is 98.8 Å².